The quantitative estimate of drug-likeness (QED) is 0.220. The van der Waals surface area contributed by atoms with Gasteiger partial charge in [-0.05, 0) is 128 Å². The minimum atomic E-state index is 0.350. The molecule has 3 aromatic rings. The fourth-order valence-corrected chi connectivity index (χ4v) is 12.6. The summed E-state index contributed by atoms with van der Waals surface area (Å²) in [5, 5.41) is 1.75. The van der Waals surface area contributed by atoms with Crippen molar-refractivity contribution >= 4 is 34.8 Å². The van der Waals surface area contributed by atoms with Gasteiger partial charge in [-0.3, -0.25) is 0 Å². The molecule has 3 aliphatic carbocycles. The van der Waals surface area contributed by atoms with Crippen LogP contribution in [0.3, 0.4) is 0 Å². The number of aromatic nitrogens is 2. The highest BCUT2D eigenvalue weighted by Crippen LogP contribution is 2.67. The van der Waals surface area contributed by atoms with Crippen LogP contribution in [0.1, 0.15) is 105 Å². The summed E-state index contributed by atoms with van der Waals surface area (Å²) < 4.78 is 4.82. The lowest BCUT2D eigenvalue weighted by atomic mass is 9.45. The maximum atomic E-state index is 6.95. The van der Waals surface area contributed by atoms with Crippen molar-refractivity contribution in [2.24, 2.45) is 52.3 Å². The molecule has 0 radical (unpaired) electrons. The van der Waals surface area contributed by atoms with E-state index < -0.39 is 0 Å². The molecule has 0 unspecified atom stereocenters. The van der Waals surface area contributed by atoms with Crippen LogP contribution in [0, 0.1) is 52.3 Å². The lowest BCUT2D eigenvalue weighted by Crippen LogP contribution is -2.52. The van der Waals surface area contributed by atoms with Crippen LogP contribution in [-0.4, -0.2) is 4.68 Å². The zero-order valence-electron chi connectivity index (χ0n) is 28.7. The number of rotatable bonds is 7. The lowest BCUT2D eigenvalue weighted by Gasteiger charge is -2.59. The van der Waals surface area contributed by atoms with E-state index in [9.17, 15) is 0 Å². The number of halogens is 3. The van der Waals surface area contributed by atoms with Crippen molar-refractivity contribution in [3.05, 3.63) is 69.3 Å². The molecule has 1 aliphatic heterocycles. The molecular weight excluding hydrogens is 627 g/mol. The third-order valence-electron chi connectivity index (χ3n) is 14.0. The summed E-state index contributed by atoms with van der Waals surface area (Å²) in [5.74, 6) is 5.93. The first-order valence-corrected chi connectivity index (χ1v) is 19.5. The summed E-state index contributed by atoms with van der Waals surface area (Å²) in [6.45, 7) is 13.8. The molecule has 2 nitrogen and oxygen atoms in total. The van der Waals surface area contributed by atoms with E-state index >= 15 is 0 Å². The molecule has 3 saturated carbocycles. The van der Waals surface area contributed by atoms with E-state index in [2.05, 4.69) is 80.4 Å². The molecule has 2 aromatic carbocycles. The predicted octanol–water partition coefficient (Wildman–Crippen LogP) is 12.3. The van der Waals surface area contributed by atoms with Gasteiger partial charge in [0.1, 0.15) is 10.0 Å². The summed E-state index contributed by atoms with van der Waals surface area (Å²) in [6, 6.07) is 16.8. The van der Waals surface area contributed by atoms with Crippen molar-refractivity contribution in [2.75, 3.05) is 0 Å². The second-order valence-corrected chi connectivity index (χ2v) is 17.9. The molecule has 4 aliphatic rings. The average molecular weight is 681 g/mol. The van der Waals surface area contributed by atoms with E-state index in [0.29, 0.717) is 31.8 Å². The molecule has 5 heteroatoms. The van der Waals surface area contributed by atoms with Crippen molar-refractivity contribution in [1.29, 1.82) is 0 Å². The maximum Gasteiger partial charge on any atom is 0.273 e. The van der Waals surface area contributed by atoms with Crippen LogP contribution in [0.25, 0.3) is 16.9 Å². The van der Waals surface area contributed by atoms with Gasteiger partial charge in [0, 0.05) is 16.7 Å². The van der Waals surface area contributed by atoms with Gasteiger partial charge in [-0.15, -0.1) is 0 Å². The van der Waals surface area contributed by atoms with Gasteiger partial charge in [0.2, 0.25) is 5.69 Å². The summed E-state index contributed by atoms with van der Waals surface area (Å²) >= 11 is 20.3. The Morgan fingerprint density at radius 1 is 0.826 bits per heavy atom. The van der Waals surface area contributed by atoms with Crippen LogP contribution in [-0.2, 0) is 13.0 Å². The number of hydrogen-bond donors (Lipinski definition) is 0. The predicted molar refractivity (Wildman–Crippen MR) is 194 cm³/mol. The van der Waals surface area contributed by atoms with Gasteiger partial charge in [0.05, 0.1) is 12.2 Å². The Labute approximate surface area is 293 Å². The van der Waals surface area contributed by atoms with Crippen molar-refractivity contribution in [3.8, 4) is 16.9 Å². The minimum absolute atomic E-state index is 0.350. The Kier molecular flexibility index (Phi) is 9.17. The van der Waals surface area contributed by atoms with Crippen LogP contribution in [0.2, 0.25) is 15.1 Å². The highest BCUT2D eigenvalue weighted by atomic mass is 35.5. The molecule has 8 atom stereocenters. The standard InChI is InChI=1S/C41H54Cl3N2/c1-26(2)10-9-11-27(3)33-16-17-34-32-15-14-29-22-31-25-38(28-12-7-6-8-13-28)46(39-36(43)23-30(42)24-37(39)44)45(31)21-20-40(29,4)35(32)18-19-41(33,34)5/h6-8,12-13,23-27,29,32-35H,9-11,14-22H2,1-5H3/q+1/t27-,29+,32+,33-,34+,35+,40+,41-/m1/s1. The lowest BCUT2D eigenvalue weighted by molar-refractivity contribution is -0.675. The Morgan fingerprint density at radius 2 is 1.54 bits per heavy atom. The van der Waals surface area contributed by atoms with Gasteiger partial charge in [-0.25, -0.2) is 0 Å². The highest BCUT2D eigenvalue weighted by Gasteiger charge is 2.60. The molecule has 0 bridgehead atoms. The number of hydrogen-bond acceptors (Lipinski definition) is 0. The zero-order chi connectivity index (χ0) is 32.4. The molecule has 0 spiro atoms. The molecule has 3 fully saturated rings. The van der Waals surface area contributed by atoms with Crippen molar-refractivity contribution < 1.29 is 4.68 Å². The Bertz CT molecular complexity index is 1540. The fraction of sp³-hybridized carbons (Fsp3) is 0.634. The Morgan fingerprint density at radius 3 is 2.26 bits per heavy atom. The van der Waals surface area contributed by atoms with Gasteiger partial charge in [-0.1, -0.05) is 112 Å². The fourth-order valence-electron chi connectivity index (χ4n) is 11.6. The molecule has 1 aromatic heterocycles. The van der Waals surface area contributed by atoms with E-state index in [1.54, 1.807) is 0 Å². The Hall–Kier alpha value is -1.48. The smallest absolute Gasteiger partial charge is 0.151 e. The summed E-state index contributed by atoms with van der Waals surface area (Å²) in [6.07, 6.45) is 15.1. The molecule has 2 heterocycles. The first-order chi connectivity index (χ1) is 22.0. The van der Waals surface area contributed by atoms with Crippen molar-refractivity contribution in [3.63, 3.8) is 0 Å². The molecule has 0 N–H and O–H groups in total. The van der Waals surface area contributed by atoms with E-state index in [1.807, 2.05) is 12.1 Å². The molecular formula is C41H54Cl3N2+. The second-order valence-electron chi connectivity index (χ2n) is 16.7. The van der Waals surface area contributed by atoms with Gasteiger partial charge >= 0.3 is 0 Å². The minimum Gasteiger partial charge on any atom is -0.151 e. The zero-order valence-corrected chi connectivity index (χ0v) is 30.9. The van der Waals surface area contributed by atoms with E-state index in [1.165, 1.54) is 75.5 Å². The van der Waals surface area contributed by atoms with Gasteiger partial charge < -0.3 is 0 Å². The number of fused-ring (bicyclic) bond motifs is 6. The summed E-state index contributed by atoms with van der Waals surface area (Å²) in [4.78, 5) is 0. The third-order valence-corrected chi connectivity index (χ3v) is 14.7. The highest BCUT2D eigenvalue weighted by molar-refractivity contribution is 6.40. The number of nitrogens with zero attached hydrogens (tertiary/aromatic N) is 2. The van der Waals surface area contributed by atoms with Crippen LogP contribution in [0.15, 0.2) is 48.5 Å². The molecule has 248 valence electrons. The molecule has 0 saturated heterocycles. The van der Waals surface area contributed by atoms with Gasteiger partial charge in [0.15, 0.2) is 0 Å². The van der Waals surface area contributed by atoms with E-state index in [0.717, 1.165) is 59.9 Å². The van der Waals surface area contributed by atoms with Gasteiger partial charge in [-0.2, -0.15) is 4.68 Å². The van der Waals surface area contributed by atoms with Crippen LogP contribution >= 0.6 is 34.8 Å². The van der Waals surface area contributed by atoms with E-state index in [-0.39, 0.29) is 0 Å². The summed E-state index contributed by atoms with van der Waals surface area (Å²) in [7, 11) is 0. The Balaban J connectivity index is 1.19. The van der Waals surface area contributed by atoms with Gasteiger partial charge in [0.25, 0.3) is 5.69 Å². The summed E-state index contributed by atoms with van der Waals surface area (Å²) in [5.41, 5.74) is 5.45. The molecule has 0 amide bonds. The average Bonchev–Trinajstić information content (AvgIpc) is 3.50. The maximum absolute atomic E-state index is 6.95. The first kappa shape index (κ1) is 33.0. The normalized spacial score (nSPS) is 32.8. The molecule has 7 rings (SSSR count). The SMILES string of the molecule is CC(C)CCC[C@@H](C)[C@H]1CC[C@H]2[C@@H]3CC[C@H]4Cc5cc(-c6ccccc6)[n+](-c6c(Cl)cc(Cl)cc6Cl)n5CC[C@]4(C)[C@H]3CC[C@]12C. The van der Waals surface area contributed by atoms with E-state index in [4.69, 9.17) is 34.8 Å². The van der Waals surface area contributed by atoms with Crippen LogP contribution < -0.4 is 4.68 Å². The monoisotopic (exact) mass is 679 g/mol. The first-order valence-electron chi connectivity index (χ1n) is 18.4. The number of benzene rings is 2. The van der Waals surface area contributed by atoms with Crippen LogP contribution in [0.5, 0.6) is 0 Å². The van der Waals surface area contributed by atoms with Crippen molar-refractivity contribution in [1.82, 2.24) is 4.68 Å². The largest absolute Gasteiger partial charge is 0.273 e. The molecule has 46 heavy (non-hydrogen) atoms. The van der Waals surface area contributed by atoms with Crippen molar-refractivity contribution in [2.45, 2.75) is 112 Å². The second kappa shape index (κ2) is 12.8. The topological polar surface area (TPSA) is 8.81 Å². The third kappa shape index (κ3) is 5.59. The van der Waals surface area contributed by atoms with Crippen LogP contribution in [0.4, 0.5) is 0 Å².